The van der Waals surface area contributed by atoms with Crippen molar-refractivity contribution in [3.63, 3.8) is 0 Å². The molecule has 0 aliphatic heterocycles. The highest BCUT2D eigenvalue weighted by molar-refractivity contribution is 5.82. The molecule has 0 spiro atoms. The summed E-state index contributed by atoms with van der Waals surface area (Å²) in [6, 6.07) is 45.3. The standard InChI is InChI=1S/C33H26N2/c1-2-33-34-31-15-9-10-16-32(31)35(33)30-19-17-26(18-20-30)29-22-27(24-11-5-3-6-12-24)21-28(23-29)25-13-7-4-8-14-25/h3-23H,2H2,1H3. The highest BCUT2D eigenvalue weighted by Crippen LogP contribution is 2.33. The Hall–Kier alpha value is -4.43. The maximum absolute atomic E-state index is 4.84. The maximum atomic E-state index is 4.84. The van der Waals surface area contributed by atoms with Gasteiger partial charge in [-0.05, 0) is 75.8 Å². The molecule has 1 heterocycles. The zero-order valence-corrected chi connectivity index (χ0v) is 19.7. The van der Waals surface area contributed by atoms with E-state index in [0.29, 0.717) is 0 Å². The fourth-order valence-electron chi connectivity index (χ4n) is 4.79. The molecule has 0 fully saturated rings. The van der Waals surface area contributed by atoms with Crippen molar-refractivity contribution in [1.82, 2.24) is 9.55 Å². The molecule has 6 aromatic rings. The van der Waals surface area contributed by atoms with E-state index in [4.69, 9.17) is 4.98 Å². The lowest BCUT2D eigenvalue weighted by Gasteiger charge is -2.13. The Labute approximate surface area is 206 Å². The first-order valence-corrected chi connectivity index (χ1v) is 12.1. The van der Waals surface area contributed by atoms with Crippen LogP contribution in [0.3, 0.4) is 0 Å². The Kier molecular flexibility index (Phi) is 5.48. The molecule has 0 N–H and O–H groups in total. The van der Waals surface area contributed by atoms with Crippen molar-refractivity contribution >= 4 is 11.0 Å². The van der Waals surface area contributed by atoms with Crippen LogP contribution in [0.5, 0.6) is 0 Å². The summed E-state index contributed by atoms with van der Waals surface area (Å²) >= 11 is 0. The second-order valence-corrected chi connectivity index (χ2v) is 8.78. The van der Waals surface area contributed by atoms with Gasteiger partial charge in [-0.3, -0.25) is 4.57 Å². The van der Waals surface area contributed by atoms with Crippen LogP contribution < -0.4 is 0 Å². The maximum Gasteiger partial charge on any atom is 0.114 e. The predicted octanol–water partition coefficient (Wildman–Crippen LogP) is 8.59. The minimum absolute atomic E-state index is 0.885. The van der Waals surface area contributed by atoms with Crippen molar-refractivity contribution in [2.75, 3.05) is 0 Å². The lowest BCUT2D eigenvalue weighted by molar-refractivity contribution is 0.908. The summed E-state index contributed by atoms with van der Waals surface area (Å²) in [6.45, 7) is 2.16. The third-order valence-corrected chi connectivity index (χ3v) is 6.55. The first kappa shape index (κ1) is 21.1. The van der Waals surface area contributed by atoms with Gasteiger partial charge in [0.05, 0.1) is 11.0 Å². The van der Waals surface area contributed by atoms with Gasteiger partial charge in [0.2, 0.25) is 0 Å². The Bertz CT molecular complexity index is 1540. The number of aromatic nitrogens is 2. The number of aryl methyl sites for hydroxylation is 1. The third kappa shape index (κ3) is 4.04. The smallest absolute Gasteiger partial charge is 0.114 e. The van der Waals surface area contributed by atoms with Gasteiger partial charge in [0.25, 0.3) is 0 Å². The van der Waals surface area contributed by atoms with Gasteiger partial charge in [-0.25, -0.2) is 4.98 Å². The minimum atomic E-state index is 0.885. The highest BCUT2D eigenvalue weighted by Gasteiger charge is 2.12. The van der Waals surface area contributed by atoms with Crippen LogP contribution in [0.15, 0.2) is 127 Å². The molecule has 0 aliphatic carbocycles. The third-order valence-electron chi connectivity index (χ3n) is 6.55. The Morgan fingerprint density at radius 2 is 1.00 bits per heavy atom. The fourth-order valence-corrected chi connectivity index (χ4v) is 4.79. The molecular formula is C33H26N2. The van der Waals surface area contributed by atoms with Gasteiger partial charge in [0.1, 0.15) is 5.82 Å². The first-order valence-electron chi connectivity index (χ1n) is 12.1. The topological polar surface area (TPSA) is 17.8 Å². The van der Waals surface area contributed by atoms with Crippen LogP contribution >= 0.6 is 0 Å². The summed E-state index contributed by atoms with van der Waals surface area (Å²) in [5.74, 6) is 1.08. The number of para-hydroxylation sites is 2. The molecule has 0 saturated heterocycles. The second kappa shape index (κ2) is 9.08. The van der Waals surface area contributed by atoms with Crippen molar-refractivity contribution in [2.45, 2.75) is 13.3 Å². The van der Waals surface area contributed by atoms with E-state index in [1.54, 1.807) is 0 Å². The number of hydrogen-bond donors (Lipinski definition) is 0. The Morgan fingerprint density at radius 1 is 0.514 bits per heavy atom. The number of fused-ring (bicyclic) bond motifs is 1. The SMILES string of the molecule is CCc1nc2ccccc2n1-c1ccc(-c2cc(-c3ccccc3)cc(-c3ccccc3)c2)cc1. The van der Waals surface area contributed by atoms with Crippen molar-refractivity contribution in [3.8, 4) is 39.1 Å². The average Bonchev–Trinajstić information content (AvgIpc) is 3.33. The first-order chi connectivity index (χ1) is 17.3. The zero-order chi connectivity index (χ0) is 23.6. The molecular weight excluding hydrogens is 424 g/mol. The number of imidazole rings is 1. The van der Waals surface area contributed by atoms with Crippen molar-refractivity contribution in [2.24, 2.45) is 0 Å². The summed E-state index contributed by atoms with van der Waals surface area (Å²) < 4.78 is 2.27. The van der Waals surface area contributed by atoms with Crippen LogP contribution in [0.4, 0.5) is 0 Å². The number of rotatable bonds is 5. The number of benzene rings is 5. The van der Waals surface area contributed by atoms with E-state index in [-0.39, 0.29) is 0 Å². The summed E-state index contributed by atoms with van der Waals surface area (Å²) in [5.41, 5.74) is 10.6. The van der Waals surface area contributed by atoms with E-state index >= 15 is 0 Å². The summed E-state index contributed by atoms with van der Waals surface area (Å²) in [7, 11) is 0. The summed E-state index contributed by atoms with van der Waals surface area (Å²) in [4.78, 5) is 4.84. The van der Waals surface area contributed by atoms with Crippen LogP contribution in [-0.2, 0) is 6.42 Å². The van der Waals surface area contributed by atoms with Crippen LogP contribution in [0.2, 0.25) is 0 Å². The Morgan fingerprint density at radius 3 is 1.54 bits per heavy atom. The molecule has 0 atom stereocenters. The van der Waals surface area contributed by atoms with Crippen LogP contribution in [0.1, 0.15) is 12.7 Å². The average molecular weight is 451 g/mol. The van der Waals surface area contributed by atoms with Gasteiger partial charge in [-0.1, -0.05) is 91.9 Å². The van der Waals surface area contributed by atoms with E-state index in [1.807, 2.05) is 6.07 Å². The lowest BCUT2D eigenvalue weighted by atomic mass is 9.93. The molecule has 5 aromatic carbocycles. The van der Waals surface area contributed by atoms with E-state index in [2.05, 4.69) is 133 Å². The van der Waals surface area contributed by atoms with Gasteiger partial charge >= 0.3 is 0 Å². The van der Waals surface area contributed by atoms with E-state index < -0.39 is 0 Å². The second-order valence-electron chi connectivity index (χ2n) is 8.78. The molecule has 1 aromatic heterocycles. The molecule has 2 heteroatoms. The van der Waals surface area contributed by atoms with Crippen LogP contribution in [0.25, 0.3) is 50.1 Å². The quantitative estimate of drug-likeness (QED) is 0.257. The monoisotopic (exact) mass is 450 g/mol. The number of nitrogens with zero attached hydrogens (tertiary/aromatic N) is 2. The molecule has 2 nitrogen and oxygen atoms in total. The zero-order valence-electron chi connectivity index (χ0n) is 19.7. The molecule has 0 bridgehead atoms. The molecule has 0 unspecified atom stereocenters. The van der Waals surface area contributed by atoms with Gasteiger partial charge in [0.15, 0.2) is 0 Å². The van der Waals surface area contributed by atoms with Crippen molar-refractivity contribution in [1.29, 1.82) is 0 Å². The molecule has 35 heavy (non-hydrogen) atoms. The molecule has 0 amide bonds. The predicted molar refractivity (Wildman–Crippen MR) is 147 cm³/mol. The lowest BCUT2D eigenvalue weighted by Crippen LogP contribution is -1.99. The largest absolute Gasteiger partial charge is 0.296 e. The van der Waals surface area contributed by atoms with Gasteiger partial charge in [0, 0.05) is 12.1 Å². The Balaban J connectivity index is 1.46. The van der Waals surface area contributed by atoms with E-state index in [1.165, 1.54) is 33.4 Å². The van der Waals surface area contributed by atoms with E-state index in [0.717, 1.165) is 29.0 Å². The summed E-state index contributed by atoms with van der Waals surface area (Å²) in [5, 5.41) is 0. The highest BCUT2D eigenvalue weighted by atomic mass is 15.1. The molecule has 0 radical (unpaired) electrons. The van der Waals surface area contributed by atoms with Crippen LogP contribution in [0, 0.1) is 0 Å². The minimum Gasteiger partial charge on any atom is -0.296 e. The van der Waals surface area contributed by atoms with E-state index in [9.17, 15) is 0 Å². The van der Waals surface area contributed by atoms with Gasteiger partial charge < -0.3 is 0 Å². The fraction of sp³-hybridized carbons (Fsp3) is 0.0606. The van der Waals surface area contributed by atoms with Crippen LogP contribution in [-0.4, -0.2) is 9.55 Å². The molecule has 168 valence electrons. The van der Waals surface area contributed by atoms with Gasteiger partial charge in [-0.15, -0.1) is 0 Å². The number of hydrogen-bond acceptors (Lipinski definition) is 1. The van der Waals surface area contributed by atoms with Gasteiger partial charge in [-0.2, -0.15) is 0 Å². The van der Waals surface area contributed by atoms with Crippen molar-refractivity contribution < 1.29 is 0 Å². The molecule has 0 saturated carbocycles. The summed E-state index contributed by atoms with van der Waals surface area (Å²) in [6.07, 6.45) is 0.885. The van der Waals surface area contributed by atoms with Crippen molar-refractivity contribution in [3.05, 3.63) is 133 Å². The molecule has 0 aliphatic rings. The normalized spacial score (nSPS) is 11.1. The molecule has 6 rings (SSSR count).